The molecule has 0 N–H and O–H groups in total. The molecule has 0 heterocycles. The topological polar surface area (TPSA) is 0 Å². The maximum absolute atomic E-state index is 3.71. The summed E-state index contributed by atoms with van der Waals surface area (Å²) in [7, 11) is 0. The van der Waals surface area contributed by atoms with E-state index in [0.717, 1.165) is 23.7 Å². The minimum absolute atomic E-state index is 0.805. The Bertz CT molecular complexity index is 446. The van der Waals surface area contributed by atoms with Crippen molar-refractivity contribution in [2.45, 2.75) is 18.3 Å². The molecule has 0 saturated heterocycles. The Kier molecular flexibility index (Phi) is 1.28. The Labute approximate surface area is 92.1 Å². The van der Waals surface area contributed by atoms with Crippen LogP contribution < -0.4 is 0 Å². The number of halogens is 1. The third-order valence-corrected chi connectivity index (χ3v) is 5.10. The van der Waals surface area contributed by atoms with Gasteiger partial charge < -0.3 is 0 Å². The van der Waals surface area contributed by atoms with Crippen LogP contribution in [0.4, 0.5) is 0 Å². The smallest absolute Gasteiger partial charge is 0.00104 e. The van der Waals surface area contributed by atoms with Crippen molar-refractivity contribution in [3.05, 3.63) is 46.0 Å². The highest BCUT2D eigenvalue weighted by atomic mass is 79.9. The number of hydrogen-bond donors (Lipinski definition) is 0. The summed E-state index contributed by atoms with van der Waals surface area (Å²) in [5.74, 6) is 3.34. The second kappa shape index (κ2) is 2.33. The summed E-state index contributed by atoms with van der Waals surface area (Å²) >= 11 is 3.71. The van der Waals surface area contributed by atoms with Gasteiger partial charge in [-0.05, 0) is 45.7 Å². The predicted molar refractivity (Wildman–Crippen MR) is 60.5 cm³/mol. The van der Waals surface area contributed by atoms with Crippen molar-refractivity contribution in [2.75, 3.05) is 0 Å². The van der Waals surface area contributed by atoms with Crippen molar-refractivity contribution in [3.8, 4) is 0 Å². The minimum atomic E-state index is 0.805. The van der Waals surface area contributed by atoms with Gasteiger partial charge in [0.15, 0.2) is 0 Å². The average Bonchev–Trinajstić information content (AvgIpc) is 2.65. The molecule has 4 rings (SSSR count). The summed E-state index contributed by atoms with van der Waals surface area (Å²) in [5.41, 5.74) is 3.25. The number of allylic oxidation sites excluding steroid dienone is 2. The molecule has 1 heteroatoms. The molecule has 3 aliphatic rings. The minimum Gasteiger partial charge on any atom is -0.0703 e. The maximum Gasteiger partial charge on any atom is -0.00104 e. The predicted octanol–water partition coefficient (Wildman–Crippen LogP) is 3.80. The van der Waals surface area contributed by atoms with E-state index in [2.05, 4.69) is 46.3 Å². The van der Waals surface area contributed by atoms with Crippen molar-refractivity contribution in [2.24, 2.45) is 11.8 Å². The van der Waals surface area contributed by atoms with E-state index in [1.165, 1.54) is 10.9 Å². The quantitative estimate of drug-likeness (QED) is 0.654. The molecule has 3 aliphatic carbocycles. The van der Waals surface area contributed by atoms with Gasteiger partial charge in [-0.1, -0.05) is 46.3 Å². The first-order valence-electron chi connectivity index (χ1n) is 5.32. The van der Waals surface area contributed by atoms with Crippen LogP contribution in [0.2, 0.25) is 0 Å². The van der Waals surface area contributed by atoms with Crippen LogP contribution in [0.25, 0.3) is 0 Å². The third-order valence-electron chi connectivity index (χ3n) is 4.25. The monoisotopic (exact) mass is 246 g/mol. The summed E-state index contributed by atoms with van der Waals surface area (Å²) in [6.45, 7) is 0. The second-order valence-corrected chi connectivity index (χ2v) is 5.65. The van der Waals surface area contributed by atoms with Gasteiger partial charge in [0.05, 0.1) is 0 Å². The molecule has 1 fully saturated rings. The van der Waals surface area contributed by atoms with Gasteiger partial charge in [0.25, 0.3) is 0 Å². The lowest BCUT2D eigenvalue weighted by Crippen LogP contribution is -2.28. The molecule has 14 heavy (non-hydrogen) atoms. The van der Waals surface area contributed by atoms with E-state index in [0.29, 0.717) is 0 Å². The van der Waals surface area contributed by atoms with Gasteiger partial charge in [-0.25, -0.2) is 0 Å². The van der Waals surface area contributed by atoms with Gasteiger partial charge in [0.2, 0.25) is 0 Å². The van der Waals surface area contributed by atoms with Crippen LogP contribution in [0.1, 0.15) is 29.4 Å². The van der Waals surface area contributed by atoms with Crippen LogP contribution >= 0.6 is 15.9 Å². The molecule has 70 valence electrons. The van der Waals surface area contributed by atoms with Crippen LogP contribution in [0, 0.1) is 11.8 Å². The molecule has 0 nitrogen and oxygen atoms in total. The number of benzene rings is 1. The van der Waals surface area contributed by atoms with E-state index >= 15 is 0 Å². The van der Waals surface area contributed by atoms with Crippen LogP contribution in [-0.2, 0) is 0 Å². The van der Waals surface area contributed by atoms with E-state index in [1.807, 2.05) is 0 Å². The molecule has 0 unspecified atom stereocenters. The number of fused-ring (bicyclic) bond motifs is 8. The lowest BCUT2D eigenvalue weighted by atomic mass is 9.63. The highest BCUT2D eigenvalue weighted by molar-refractivity contribution is 9.11. The molecular weight excluding hydrogens is 236 g/mol. The summed E-state index contributed by atoms with van der Waals surface area (Å²) in [4.78, 5) is 0. The summed E-state index contributed by atoms with van der Waals surface area (Å²) in [6, 6.07) is 8.99. The Morgan fingerprint density at radius 2 is 1.79 bits per heavy atom. The molecule has 0 aromatic heterocycles. The van der Waals surface area contributed by atoms with Gasteiger partial charge in [-0.2, -0.15) is 0 Å². The molecule has 0 amide bonds. The largest absolute Gasteiger partial charge is 0.0703 e. The van der Waals surface area contributed by atoms with Gasteiger partial charge in [0.1, 0.15) is 0 Å². The molecule has 0 aliphatic heterocycles. The fraction of sp³-hybridized carbons (Fsp3) is 0.385. The zero-order valence-electron chi connectivity index (χ0n) is 7.78. The summed E-state index contributed by atoms with van der Waals surface area (Å²) in [6.07, 6.45) is 3.83. The first kappa shape index (κ1) is 7.70. The van der Waals surface area contributed by atoms with E-state index in [9.17, 15) is 0 Å². The van der Waals surface area contributed by atoms with E-state index in [-0.39, 0.29) is 0 Å². The first-order valence-corrected chi connectivity index (χ1v) is 6.11. The average molecular weight is 247 g/mol. The normalized spacial score (nSPS) is 41.4. The van der Waals surface area contributed by atoms with Crippen molar-refractivity contribution >= 4 is 15.9 Å². The molecule has 2 bridgehead atoms. The van der Waals surface area contributed by atoms with Gasteiger partial charge >= 0.3 is 0 Å². The fourth-order valence-electron chi connectivity index (χ4n) is 3.74. The summed E-state index contributed by atoms with van der Waals surface area (Å²) < 4.78 is 1.47. The molecule has 4 atom stereocenters. The van der Waals surface area contributed by atoms with Crippen molar-refractivity contribution in [1.82, 2.24) is 0 Å². The van der Waals surface area contributed by atoms with Crippen LogP contribution in [-0.4, -0.2) is 0 Å². The first-order chi connectivity index (χ1) is 6.86. The Hall–Kier alpha value is -0.560. The molecular formula is C13H11Br. The van der Waals surface area contributed by atoms with Gasteiger partial charge in [-0.3, -0.25) is 0 Å². The molecule has 0 radical (unpaired) electrons. The van der Waals surface area contributed by atoms with E-state index in [1.54, 1.807) is 11.1 Å². The SMILES string of the molecule is BrC1=C[C@@H]2C[C@H]1[C@@H]1c3ccccc3[C@@H]12. The van der Waals surface area contributed by atoms with Crippen LogP contribution in [0.15, 0.2) is 34.8 Å². The zero-order chi connectivity index (χ0) is 9.28. The fourth-order valence-corrected chi connectivity index (χ4v) is 4.55. The molecule has 1 saturated carbocycles. The second-order valence-electron chi connectivity index (χ2n) is 4.74. The molecule has 1 aromatic carbocycles. The van der Waals surface area contributed by atoms with Crippen LogP contribution in [0.3, 0.4) is 0 Å². The molecule has 1 aromatic rings. The van der Waals surface area contributed by atoms with E-state index in [4.69, 9.17) is 0 Å². The van der Waals surface area contributed by atoms with Gasteiger partial charge in [0, 0.05) is 0 Å². The lowest BCUT2D eigenvalue weighted by molar-refractivity contribution is 0.441. The lowest BCUT2D eigenvalue weighted by Gasteiger charge is -2.41. The van der Waals surface area contributed by atoms with Crippen molar-refractivity contribution < 1.29 is 0 Å². The highest BCUT2D eigenvalue weighted by Gasteiger charge is 2.55. The standard InChI is InChI=1S/C13H11Br/c14-11-6-7-5-10(11)13-9-4-2-1-3-8(9)12(7)13/h1-4,6-7,10,12-13H,5H2/t7-,10+,12-,13-/m0/s1. The Morgan fingerprint density at radius 1 is 1.07 bits per heavy atom. The highest BCUT2D eigenvalue weighted by Crippen LogP contribution is 2.67. The Morgan fingerprint density at radius 3 is 2.57 bits per heavy atom. The Balaban J connectivity index is 1.90. The number of rotatable bonds is 0. The molecule has 0 spiro atoms. The number of hydrogen-bond acceptors (Lipinski definition) is 0. The third kappa shape index (κ3) is 0.692. The van der Waals surface area contributed by atoms with Crippen molar-refractivity contribution in [1.29, 1.82) is 0 Å². The van der Waals surface area contributed by atoms with Crippen molar-refractivity contribution in [3.63, 3.8) is 0 Å². The summed E-state index contributed by atoms with van der Waals surface area (Å²) in [5, 5.41) is 0. The maximum atomic E-state index is 3.71. The van der Waals surface area contributed by atoms with Crippen LogP contribution in [0.5, 0.6) is 0 Å². The zero-order valence-corrected chi connectivity index (χ0v) is 9.37. The van der Waals surface area contributed by atoms with Gasteiger partial charge in [-0.15, -0.1) is 0 Å². The van der Waals surface area contributed by atoms with E-state index < -0.39 is 0 Å².